The Morgan fingerprint density at radius 3 is 2.62 bits per heavy atom. The number of thioether (sulfide) groups is 1. The van der Waals surface area contributed by atoms with Gasteiger partial charge in [0.05, 0.1) is 5.75 Å². The second-order valence-electron chi connectivity index (χ2n) is 3.41. The lowest BCUT2D eigenvalue weighted by atomic mass is 9.99. The van der Waals surface area contributed by atoms with Crippen molar-refractivity contribution in [2.75, 3.05) is 31.0 Å². The number of hydrogen-bond donors (Lipinski definition) is 0. The molecule has 0 aromatic heterocycles. The van der Waals surface area contributed by atoms with E-state index < -0.39 is 0 Å². The van der Waals surface area contributed by atoms with Crippen LogP contribution < -0.4 is 0 Å². The van der Waals surface area contributed by atoms with Gasteiger partial charge in [0.15, 0.2) is 0 Å². The molecule has 1 aliphatic heterocycles. The molecule has 13 heavy (non-hydrogen) atoms. The Hall–Kier alpha value is 0.110. The molecule has 4 heteroatoms. The SMILES string of the molecule is CSCC(=O)N1CCC(CCl)CC1. The average molecular weight is 222 g/mol. The summed E-state index contributed by atoms with van der Waals surface area (Å²) in [5.74, 6) is 2.26. The average Bonchev–Trinajstić information content (AvgIpc) is 2.18. The Balaban J connectivity index is 2.28. The first-order chi connectivity index (χ1) is 6.27. The van der Waals surface area contributed by atoms with Gasteiger partial charge in [-0.05, 0) is 25.0 Å². The molecule has 1 rings (SSSR count). The van der Waals surface area contributed by atoms with Crippen molar-refractivity contribution in [2.24, 2.45) is 5.92 Å². The van der Waals surface area contributed by atoms with Gasteiger partial charge in [-0.25, -0.2) is 0 Å². The summed E-state index contributed by atoms with van der Waals surface area (Å²) < 4.78 is 0. The van der Waals surface area contributed by atoms with Gasteiger partial charge >= 0.3 is 0 Å². The lowest BCUT2D eigenvalue weighted by Gasteiger charge is -2.30. The predicted octanol–water partition coefficient (Wildman–Crippen LogP) is 1.83. The zero-order valence-electron chi connectivity index (χ0n) is 7.96. The number of halogens is 1. The molecule has 0 bridgehead atoms. The monoisotopic (exact) mass is 221 g/mol. The van der Waals surface area contributed by atoms with Crippen molar-refractivity contribution in [3.05, 3.63) is 0 Å². The highest BCUT2D eigenvalue weighted by atomic mass is 35.5. The zero-order chi connectivity index (χ0) is 9.68. The summed E-state index contributed by atoms with van der Waals surface area (Å²) in [6.07, 6.45) is 4.11. The van der Waals surface area contributed by atoms with Crippen molar-refractivity contribution in [3.8, 4) is 0 Å². The fourth-order valence-corrected chi connectivity index (χ4v) is 2.29. The molecule has 1 saturated heterocycles. The van der Waals surface area contributed by atoms with Crippen LogP contribution in [-0.4, -0.2) is 41.8 Å². The molecule has 76 valence electrons. The minimum atomic E-state index is 0.278. The van der Waals surface area contributed by atoms with Crippen LogP contribution in [0.2, 0.25) is 0 Å². The van der Waals surface area contributed by atoms with Crippen LogP contribution in [0, 0.1) is 5.92 Å². The van der Waals surface area contributed by atoms with Crippen LogP contribution in [-0.2, 0) is 4.79 Å². The molecule has 0 spiro atoms. The first-order valence-electron chi connectivity index (χ1n) is 4.60. The van der Waals surface area contributed by atoms with Gasteiger partial charge in [0, 0.05) is 19.0 Å². The maximum absolute atomic E-state index is 11.5. The van der Waals surface area contributed by atoms with E-state index in [4.69, 9.17) is 11.6 Å². The van der Waals surface area contributed by atoms with Crippen LogP contribution in [0.5, 0.6) is 0 Å². The Labute approximate surface area is 89.0 Å². The van der Waals surface area contributed by atoms with Crippen molar-refractivity contribution >= 4 is 29.3 Å². The largest absolute Gasteiger partial charge is 0.342 e. The third-order valence-corrected chi connectivity index (χ3v) is 3.43. The van der Waals surface area contributed by atoms with E-state index in [1.165, 1.54) is 0 Å². The number of carbonyl (C=O) groups excluding carboxylic acids is 1. The summed E-state index contributed by atoms with van der Waals surface area (Å²) >= 11 is 7.35. The van der Waals surface area contributed by atoms with Crippen molar-refractivity contribution < 1.29 is 4.79 Å². The first-order valence-corrected chi connectivity index (χ1v) is 6.53. The molecule has 1 heterocycles. The fourth-order valence-electron chi connectivity index (χ4n) is 1.55. The summed E-state index contributed by atoms with van der Waals surface area (Å²) in [4.78, 5) is 13.4. The highest BCUT2D eigenvalue weighted by Crippen LogP contribution is 2.18. The lowest BCUT2D eigenvalue weighted by Crippen LogP contribution is -2.39. The van der Waals surface area contributed by atoms with Gasteiger partial charge in [-0.3, -0.25) is 4.79 Å². The lowest BCUT2D eigenvalue weighted by molar-refractivity contribution is -0.129. The standard InChI is InChI=1S/C9H16ClNOS/c1-13-7-9(12)11-4-2-8(6-10)3-5-11/h8H,2-7H2,1H3. The van der Waals surface area contributed by atoms with Gasteiger partial charge in [-0.2, -0.15) is 11.8 Å². The van der Waals surface area contributed by atoms with E-state index in [1.807, 2.05) is 11.2 Å². The number of likely N-dealkylation sites (tertiary alicyclic amines) is 1. The molecule has 1 fully saturated rings. The third kappa shape index (κ3) is 3.39. The minimum absolute atomic E-state index is 0.278. The molecule has 1 aliphatic rings. The van der Waals surface area contributed by atoms with Crippen molar-refractivity contribution in [3.63, 3.8) is 0 Å². The Morgan fingerprint density at radius 2 is 2.15 bits per heavy atom. The number of rotatable bonds is 3. The van der Waals surface area contributed by atoms with Crippen LogP contribution in [0.15, 0.2) is 0 Å². The smallest absolute Gasteiger partial charge is 0.232 e. The summed E-state index contributed by atoms with van der Waals surface area (Å²) in [5.41, 5.74) is 0. The van der Waals surface area contributed by atoms with E-state index >= 15 is 0 Å². The van der Waals surface area contributed by atoms with Gasteiger partial charge in [-0.15, -0.1) is 11.6 Å². The Morgan fingerprint density at radius 1 is 1.54 bits per heavy atom. The van der Waals surface area contributed by atoms with Crippen molar-refractivity contribution in [1.82, 2.24) is 4.90 Å². The molecule has 0 radical (unpaired) electrons. The van der Waals surface area contributed by atoms with Gasteiger partial charge in [0.25, 0.3) is 0 Å². The second kappa shape index (κ2) is 5.76. The van der Waals surface area contributed by atoms with Crippen LogP contribution in [0.25, 0.3) is 0 Å². The van der Waals surface area contributed by atoms with Crippen LogP contribution in [0.1, 0.15) is 12.8 Å². The van der Waals surface area contributed by atoms with E-state index in [0.29, 0.717) is 11.7 Å². The van der Waals surface area contributed by atoms with Crippen LogP contribution >= 0.6 is 23.4 Å². The molecule has 1 amide bonds. The summed E-state index contributed by atoms with van der Waals surface area (Å²) in [6.45, 7) is 1.80. The molecule has 0 atom stereocenters. The van der Waals surface area contributed by atoms with E-state index in [-0.39, 0.29) is 5.91 Å². The number of amides is 1. The molecule has 2 nitrogen and oxygen atoms in total. The van der Waals surface area contributed by atoms with Gasteiger partial charge < -0.3 is 4.90 Å². The number of nitrogens with zero attached hydrogens (tertiary/aromatic N) is 1. The molecule has 0 aromatic carbocycles. The van der Waals surface area contributed by atoms with E-state index in [1.54, 1.807) is 11.8 Å². The zero-order valence-corrected chi connectivity index (χ0v) is 9.53. The Bertz CT molecular complexity index is 169. The molecule has 0 aliphatic carbocycles. The number of carbonyl (C=O) groups is 1. The van der Waals surface area contributed by atoms with Gasteiger partial charge in [0.2, 0.25) is 5.91 Å². The van der Waals surface area contributed by atoms with Gasteiger partial charge in [-0.1, -0.05) is 0 Å². The second-order valence-corrected chi connectivity index (χ2v) is 4.59. The van der Waals surface area contributed by atoms with E-state index in [2.05, 4.69) is 0 Å². The predicted molar refractivity (Wildman–Crippen MR) is 58.4 cm³/mol. The van der Waals surface area contributed by atoms with Crippen molar-refractivity contribution in [1.29, 1.82) is 0 Å². The molecule has 0 saturated carbocycles. The quantitative estimate of drug-likeness (QED) is 0.678. The number of piperidine rings is 1. The highest BCUT2D eigenvalue weighted by molar-refractivity contribution is 7.99. The van der Waals surface area contributed by atoms with E-state index in [0.717, 1.165) is 31.8 Å². The molecule has 0 aromatic rings. The van der Waals surface area contributed by atoms with Crippen LogP contribution in [0.4, 0.5) is 0 Å². The third-order valence-electron chi connectivity index (χ3n) is 2.45. The highest BCUT2D eigenvalue weighted by Gasteiger charge is 2.21. The summed E-state index contributed by atoms with van der Waals surface area (Å²) in [6, 6.07) is 0. The van der Waals surface area contributed by atoms with Crippen molar-refractivity contribution in [2.45, 2.75) is 12.8 Å². The number of hydrogen-bond acceptors (Lipinski definition) is 2. The summed E-state index contributed by atoms with van der Waals surface area (Å²) in [5, 5.41) is 0. The topological polar surface area (TPSA) is 20.3 Å². The van der Waals surface area contributed by atoms with Gasteiger partial charge in [0.1, 0.15) is 0 Å². The molecule has 0 unspecified atom stereocenters. The summed E-state index contributed by atoms with van der Waals surface area (Å²) in [7, 11) is 0. The normalized spacial score (nSPS) is 19.1. The molecule has 0 N–H and O–H groups in total. The van der Waals surface area contributed by atoms with E-state index in [9.17, 15) is 4.79 Å². The minimum Gasteiger partial charge on any atom is -0.342 e. The fraction of sp³-hybridized carbons (Fsp3) is 0.889. The molecular weight excluding hydrogens is 206 g/mol. The first kappa shape index (κ1) is 11.2. The molecular formula is C9H16ClNOS. The Kier molecular flexibility index (Phi) is 4.96. The maximum Gasteiger partial charge on any atom is 0.232 e. The number of alkyl halides is 1. The maximum atomic E-state index is 11.5. The van der Waals surface area contributed by atoms with Crippen LogP contribution in [0.3, 0.4) is 0 Å².